The van der Waals surface area contributed by atoms with Gasteiger partial charge in [0.25, 0.3) is 0 Å². The van der Waals surface area contributed by atoms with Crippen LogP contribution in [0.5, 0.6) is 0 Å². The van der Waals surface area contributed by atoms with Crippen molar-refractivity contribution in [3.63, 3.8) is 0 Å². The van der Waals surface area contributed by atoms with Crippen molar-refractivity contribution in [1.29, 1.82) is 0 Å². The van der Waals surface area contributed by atoms with Crippen LogP contribution in [0.4, 0.5) is 17.1 Å². The van der Waals surface area contributed by atoms with Gasteiger partial charge in [0.05, 0.1) is 22.6 Å². The van der Waals surface area contributed by atoms with Crippen LogP contribution in [-0.2, 0) is 0 Å². The zero-order valence-corrected chi connectivity index (χ0v) is 18.4. The van der Waals surface area contributed by atoms with Crippen LogP contribution in [0.2, 0.25) is 0 Å². The van der Waals surface area contributed by atoms with Crippen molar-refractivity contribution in [2.24, 2.45) is 5.18 Å². The first-order chi connectivity index (χ1) is 16.1. The van der Waals surface area contributed by atoms with Crippen molar-refractivity contribution in [1.82, 2.24) is 9.97 Å². The van der Waals surface area contributed by atoms with Gasteiger partial charge in [-0.25, -0.2) is 9.97 Å². The van der Waals surface area contributed by atoms with E-state index in [1.807, 2.05) is 30.3 Å². The molecule has 1 N–H and O–H groups in total. The largest absolute Gasteiger partial charge is 0.354 e. The molecule has 160 valence electrons. The van der Waals surface area contributed by atoms with Crippen molar-refractivity contribution in [3.05, 3.63) is 107 Å². The number of nitroso groups, excluding NO2 is 1. The maximum atomic E-state index is 10.7. The van der Waals surface area contributed by atoms with Gasteiger partial charge in [-0.2, -0.15) is 0 Å². The molecule has 33 heavy (non-hydrogen) atoms. The molecular weight excluding hydrogens is 408 g/mol. The second-order valence-electron chi connectivity index (χ2n) is 8.09. The topological polar surface area (TPSA) is 67.2 Å². The first-order valence-electron chi connectivity index (χ1n) is 10.8. The Hall–Kier alpha value is -4.38. The second-order valence-corrected chi connectivity index (χ2v) is 8.09. The minimum atomic E-state index is 0.391. The second kappa shape index (κ2) is 8.63. The molecule has 0 aliphatic carbocycles. The van der Waals surface area contributed by atoms with E-state index in [9.17, 15) is 4.91 Å². The zero-order valence-electron chi connectivity index (χ0n) is 18.4. The van der Waals surface area contributed by atoms with Gasteiger partial charge < -0.3 is 5.32 Å². The molecule has 5 heteroatoms. The Bertz CT molecular complexity index is 1440. The van der Waals surface area contributed by atoms with E-state index >= 15 is 0 Å². The van der Waals surface area contributed by atoms with Gasteiger partial charge in [0.15, 0.2) is 0 Å². The average molecular weight is 431 g/mol. The summed E-state index contributed by atoms with van der Waals surface area (Å²) in [7, 11) is 0. The Labute approximate surface area is 192 Å². The van der Waals surface area contributed by atoms with Crippen molar-refractivity contribution >= 4 is 28.1 Å². The summed E-state index contributed by atoms with van der Waals surface area (Å²) in [6, 6.07) is 29.6. The molecule has 0 spiro atoms. The van der Waals surface area contributed by atoms with Crippen LogP contribution in [-0.4, -0.2) is 9.97 Å². The van der Waals surface area contributed by atoms with E-state index < -0.39 is 0 Å². The number of benzene rings is 4. The molecule has 0 aliphatic rings. The number of nitrogens with one attached hydrogen (secondary N) is 1. The molecule has 0 aliphatic heterocycles. The van der Waals surface area contributed by atoms with E-state index in [1.54, 1.807) is 12.1 Å². The van der Waals surface area contributed by atoms with E-state index in [0.29, 0.717) is 5.69 Å². The lowest BCUT2D eigenvalue weighted by Gasteiger charge is -2.14. The lowest BCUT2D eigenvalue weighted by atomic mass is 10.0. The van der Waals surface area contributed by atoms with Crippen LogP contribution in [0.25, 0.3) is 33.5 Å². The normalized spacial score (nSPS) is 10.8. The number of aryl methyl sites for hydroxylation is 2. The third-order valence-electron chi connectivity index (χ3n) is 5.60. The summed E-state index contributed by atoms with van der Waals surface area (Å²) in [5, 5.41) is 6.37. The molecule has 4 aromatic carbocycles. The molecule has 1 heterocycles. The summed E-state index contributed by atoms with van der Waals surface area (Å²) in [6.45, 7) is 4.15. The first-order valence-corrected chi connectivity index (χ1v) is 10.8. The molecular formula is C28H22N4O. The molecule has 0 saturated heterocycles. The molecule has 5 aromatic rings. The van der Waals surface area contributed by atoms with Gasteiger partial charge in [-0.05, 0) is 55.4 Å². The number of aromatic nitrogens is 2. The average Bonchev–Trinajstić information content (AvgIpc) is 2.85. The molecule has 0 unspecified atom stereocenters. The van der Waals surface area contributed by atoms with Crippen LogP contribution in [0.3, 0.4) is 0 Å². The Morgan fingerprint density at radius 1 is 0.667 bits per heavy atom. The number of fused-ring (bicyclic) bond motifs is 1. The minimum absolute atomic E-state index is 0.391. The van der Waals surface area contributed by atoms with Crippen molar-refractivity contribution < 1.29 is 0 Å². The van der Waals surface area contributed by atoms with Gasteiger partial charge in [0.1, 0.15) is 11.2 Å². The number of nitrogens with zero attached hydrogens (tertiary/aromatic N) is 3. The molecule has 0 amide bonds. The zero-order chi connectivity index (χ0) is 22.8. The number of para-hydroxylation sites is 1. The molecule has 1 aromatic heterocycles. The molecule has 0 radical (unpaired) electrons. The smallest absolute Gasteiger partial charge is 0.113 e. The Kier molecular flexibility index (Phi) is 5.37. The van der Waals surface area contributed by atoms with Gasteiger partial charge in [0, 0.05) is 16.8 Å². The molecule has 0 saturated carbocycles. The fourth-order valence-corrected chi connectivity index (χ4v) is 3.76. The SMILES string of the molecule is Cc1ccc(-c2nc3cccc(Nc4ccc(N=O)cc4)c3nc2-c2ccc(C)cc2)cc1. The van der Waals surface area contributed by atoms with Crippen LogP contribution in [0, 0.1) is 18.8 Å². The Morgan fingerprint density at radius 3 is 1.82 bits per heavy atom. The minimum Gasteiger partial charge on any atom is -0.354 e. The quantitative estimate of drug-likeness (QED) is 0.290. The van der Waals surface area contributed by atoms with Gasteiger partial charge in [-0.15, -0.1) is 4.91 Å². The van der Waals surface area contributed by atoms with E-state index in [2.05, 4.69) is 72.9 Å². The van der Waals surface area contributed by atoms with E-state index in [-0.39, 0.29) is 0 Å². The lowest BCUT2D eigenvalue weighted by molar-refractivity contribution is 1.28. The van der Waals surface area contributed by atoms with Crippen LogP contribution < -0.4 is 5.32 Å². The molecule has 0 fully saturated rings. The summed E-state index contributed by atoms with van der Waals surface area (Å²) in [6.07, 6.45) is 0. The summed E-state index contributed by atoms with van der Waals surface area (Å²) in [5.74, 6) is 0. The molecule has 0 bridgehead atoms. The predicted molar refractivity (Wildman–Crippen MR) is 135 cm³/mol. The monoisotopic (exact) mass is 430 g/mol. The molecule has 5 rings (SSSR count). The number of hydrogen-bond donors (Lipinski definition) is 1. The fourth-order valence-electron chi connectivity index (χ4n) is 3.76. The Balaban J connectivity index is 1.68. The van der Waals surface area contributed by atoms with Crippen LogP contribution in [0.1, 0.15) is 11.1 Å². The van der Waals surface area contributed by atoms with Crippen LogP contribution >= 0.6 is 0 Å². The van der Waals surface area contributed by atoms with Gasteiger partial charge >= 0.3 is 0 Å². The third kappa shape index (κ3) is 4.21. The Morgan fingerprint density at radius 2 is 1.24 bits per heavy atom. The number of anilines is 2. The predicted octanol–water partition coefficient (Wildman–Crippen LogP) is 7.72. The van der Waals surface area contributed by atoms with Crippen molar-refractivity contribution in [2.45, 2.75) is 13.8 Å². The summed E-state index contributed by atoms with van der Waals surface area (Å²) in [4.78, 5) is 20.9. The summed E-state index contributed by atoms with van der Waals surface area (Å²) in [5.41, 5.74) is 9.79. The third-order valence-corrected chi connectivity index (χ3v) is 5.60. The lowest BCUT2D eigenvalue weighted by Crippen LogP contribution is -1.99. The molecule has 5 nitrogen and oxygen atoms in total. The number of rotatable bonds is 5. The first kappa shape index (κ1) is 20.5. The highest BCUT2D eigenvalue weighted by molar-refractivity contribution is 5.94. The van der Waals surface area contributed by atoms with Gasteiger partial charge in [-0.1, -0.05) is 65.7 Å². The van der Waals surface area contributed by atoms with Crippen LogP contribution in [0.15, 0.2) is 96.2 Å². The standard InChI is InChI=1S/C28H22N4O/c1-18-6-10-20(11-7-18)26-27(21-12-8-19(2)9-13-21)31-28-24(4-3-5-25(28)30-26)29-22-14-16-23(32-33)17-15-22/h3-17,29H,1-2H3. The highest BCUT2D eigenvalue weighted by Crippen LogP contribution is 2.34. The fraction of sp³-hybridized carbons (Fsp3) is 0.0714. The summed E-state index contributed by atoms with van der Waals surface area (Å²) < 4.78 is 0. The number of hydrogen-bond acceptors (Lipinski definition) is 5. The van der Waals surface area contributed by atoms with Crippen molar-refractivity contribution in [3.8, 4) is 22.5 Å². The highest BCUT2D eigenvalue weighted by atomic mass is 16.3. The highest BCUT2D eigenvalue weighted by Gasteiger charge is 2.15. The maximum Gasteiger partial charge on any atom is 0.113 e. The van der Waals surface area contributed by atoms with Gasteiger partial charge in [0.2, 0.25) is 0 Å². The van der Waals surface area contributed by atoms with Gasteiger partial charge in [-0.3, -0.25) is 0 Å². The molecule has 0 atom stereocenters. The maximum absolute atomic E-state index is 10.7. The van der Waals surface area contributed by atoms with E-state index in [4.69, 9.17) is 9.97 Å². The summed E-state index contributed by atoms with van der Waals surface area (Å²) >= 11 is 0. The van der Waals surface area contributed by atoms with E-state index in [1.165, 1.54) is 11.1 Å². The van der Waals surface area contributed by atoms with Crippen molar-refractivity contribution in [2.75, 3.05) is 5.32 Å². The van der Waals surface area contributed by atoms with E-state index in [0.717, 1.165) is 44.9 Å².